The number of H-pyrrole nitrogens is 1. The van der Waals surface area contributed by atoms with Gasteiger partial charge in [-0.05, 0) is 18.8 Å². The number of aromatic carboxylic acids is 1. The van der Waals surface area contributed by atoms with Crippen molar-refractivity contribution in [2.24, 2.45) is 5.92 Å². The SMILES string of the molecule is O=C(O)c1c[nH]c(=O)n1CC1CCCCC1. The first-order valence-electron chi connectivity index (χ1n) is 5.70. The van der Waals surface area contributed by atoms with Crippen molar-refractivity contribution in [2.45, 2.75) is 38.6 Å². The molecule has 0 amide bonds. The zero-order valence-electron chi connectivity index (χ0n) is 9.11. The molecule has 0 unspecified atom stereocenters. The van der Waals surface area contributed by atoms with E-state index < -0.39 is 5.97 Å². The van der Waals surface area contributed by atoms with Crippen molar-refractivity contribution in [3.63, 3.8) is 0 Å². The van der Waals surface area contributed by atoms with Crippen LogP contribution >= 0.6 is 0 Å². The number of nitrogens with zero attached hydrogens (tertiary/aromatic N) is 1. The summed E-state index contributed by atoms with van der Waals surface area (Å²) in [5.41, 5.74) is -0.251. The molecule has 0 spiro atoms. The monoisotopic (exact) mass is 224 g/mol. The first kappa shape index (κ1) is 11.0. The number of carbonyl (C=O) groups is 1. The second-order valence-corrected chi connectivity index (χ2v) is 4.40. The lowest BCUT2D eigenvalue weighted by molar-refractivity contribution is 0.0682. The van der Waals surface area contributed by atoms with E-state index in [1.807, 2.05) is 0 Å². The number of rotatable bonds is 3. The lowest BCUT2D eigenvalue weighted by atomic mass is 9.89. The highest BCUT2D eigenvalue weighted by atomic mass is 16.4. The maximum Gasteiger partial charge on any atom is 0.354 e. The summed E-state index contributed by atoms with van der Waals surface area (Å²) in [6.07, 6.45) is 7.09. The lowest BCUT2D eigenvalue weighted by Crippen LogP contribution is -2.26. The average molecular weight is 224 g/mol. The minimum atomic E-state index is -1.05. The quantitative estimate of drug-likeness (QED) is 0.816. The molecule has 0 radical (unpaired) electrons. The molecule has 1 aliphatic carbocycles. The second kappa shape index (κ2) is 4.55. The lowest BCUT2D eigenvalue weighted by Gasteiger charge is -2.21. The normalized spacial score (nSPS) is 17.5. The molecule has 16 heavy (non-hydrogen) atoms. The Morgan fingerprint density at radius 1 is 1.44 bits per heavy atom. The number of carboxylic acid groups (broad SMARTS) is 1. The minimum absolute atomic E-state index is 0.0653. The number of hydrogen-bond acceptors (Lipinski definition) is 2. The molecule has 5 nitrogen and oxygen atoms in total. The summed E-state index contributed by atoms with van der Waals surface area (Å²) in [5.74, 6) is -0.602. The molecule has 0 bridgehead atoms. The van der Waals surface area contributed by atoms with Crippen molar-refractivity contribution in [3.05, 3.63) is 22.4 Å². The van der Waals surface area contributed by atoms with Gasteiger partial charge in [0.05, 0.1) is 0 Å². The standard InChI is InChI=1S/C11H16N2O3/c14-10(15)9-6-12-11(16)13(9)7-8-4-2-1-3-5-8/h6,8H,1-5,7H2,(H,12,16)(H,14,15). The molecule has 1 fully saturated rings. The fourth-order valence-corrected chi connectivity index (χ4v) is 2.38. The van der Waals surface area contributed by atoms with Crippen LogP contribution in [0.4, 0.5) is 0 Å². The summed E-state index contributed by atoms with van der Waals surface area (Å²) >= 11 is 0. The van der Waals surface area contributed by atoms with Gasteiger partial charge in [0.15, 0.2) is 0 Å². The Labute approximate surface area is 93.1 Å². The van der Waals surface area contributed by atoms with Gasteiger partial charge in [-0.2, -0.15) is 0 Å². The van der Waals surface area contributed by atoms with Crippen LogP contribution in [0.1, 0.15) is 42.6 Å². The highest BCUT2D eigenvalue weighted by molar-refractivity contribution is 5.85. The van der Waals surface area contributed by atoms with Gasteiger partial charge in [0, 0.05) is 12.7 Å². The van der Waals surface area contributed by atoms with Crippen LogP contribution in [-0.4, -0.2) is 20.6 Å². The molecule has 1 saturated carbocycles. The van der Waals surface area contributed by atoms with Crippen molar-refractivity contribution >= 4 is 5.97 Å². The molecular weight excluding hydrogens is 208 g/mol. The molecule has 0 saturated heterocycles. The van der Waals surface area contributed by atoms with E-state index in [0.717, 1.165) is 12.8 Å². The Balaban J connectivity index is 2.16. The summed E-state index contributed by atoms with van der Waals surface area (Å²) in [7, 11) is 0. The van der Waals surface area contributed by atoms with Gasteiger partial charge >= 0.3 is 11.7 Å². The van der Waals surface area contributed by atoms with E-state index in [9.17, 15) is 9.59 Å². The van der Waals surface area contributed by atoms with Crippen molar-refractivity contribution in [2.75, 3.05) is 0 Å². The van der Waals surface area contributed by atoms with Crippen LogP contribution in [0, 0.1) is 5.92 Å². The van der Waals surface area contributed by atoms with E-state index >= 15 is 0 Å². The Morgan fingerprint density at radius 2 is 2.12 bits per heavy atom. The number of aromatic amines is 1. The van der Waals surface area contributed by atoms with E-state index in [-0.39, 0.29) is 11.4 Å². The molecule has 1 aromatic rings. The zero-order valence-corrected chi connectivity index (χ0v) is 9.11. The molecule has 1 aromatic heterocycles. The molecule has 1 heterocycles. The van der Waals surface area contributed by atoms with E-state index in [4.69, 9.17) is 5.11 Å². The highest BCUT2D eigenvalue weighted by Crippen LogP contribution is 2.24. The molecule has 5 heteroatoms. The number of hydrogen-bond donors (Lipinski definition) is 2. The molecule has 2 rings (SSSR count). The van der Waals surface area contributed by atoms with Gasteiger partial charge in [-0.1, -0.05) is 19.3 Å². The van der Waals surface area contributed by atoms with E-state index in [1.54, 1.807) is 0 Å². The molecule has 0 aromatic carbocycles. The smallest absolute Gasteiger partial charge is 0.354 e. The molecule has 2 N–H and O–H groups in total. The second-order valence-electron chi connectivity index (χ2n) is 4.40. The summed E-state index contributed by atoms with van der Waals surface area (Å²) in [4.78, 5) is 24.8. The third-order valence-electron chi connectivity index (χ3n) is 3.25. The van der Waals surface area contributed by atoms with Crippen LogP contribution in [0.25, 0.3) is 0 Å². The molecule has 0 aliphatic heterocycles. The van der Waals surface area contributed by atoms with Crippen LogP contribution in [0.15, 0.2) is 11.0 Å². The van der Waals surface area contributed by atoms with Crippen molar-refractivity contribution < 1.29 is 9.90 Å². The predicted octanol–water partition coefficient (Wildman–Crippen LogP) is 1.45. The number of imidazole rings is 1. The van der Waals surface area contributed by atoms with Gasteiger partial charge in [-0.15, -0.1) is 0 Å². The molecular formula is C11H16N2O3. The fraction of sp³-hybridized carbons (Fsp3) is 0.636. The van der Waals surface area contributed by atoms with E-state index in [0.29, 0.717) is 12.5 Å². The maximum absolute atomic E-state index is 11.5. The Morgan fingerprint density at radius 3 is 2.75 bits per heavy atom. The van der Waals surface area contributed by atoms with Crippen LogP contribution in [0.3, 0.4) is 0 Å². The fourth-order valence-electron chi connectivity index (χ4n) is 2.38. The van der Waals surface area contributed by atoms with Crippen molar-refractivity contribution in [1.82, 2.24) is 9.55 Å². The van der Waals surface area contributed by atoms with Crippen LogP contribution in [0.2, 0.25) is 0 Å². The van der Waals surface area contributed by atoms with Gasteiger partial charge in [0.1, 0.15) is 5.69 Å². The van der Waals surface area contributed by atoms with Gasteiger partial charge in [-0.3, -0.25) is 4.57 Å². The van der Waals surface area contributed by atoms with Crippen LogP contribution < -0.4 is 5.69 Å². The van der Waals surface area contributed by atoms with Gasteiger partial charge in [0.2, 0.25) is 0 Å². The number of nitrogens with one attached hydrogen (secondary N) is 1. The van der Waals surface area contributed by atoms with Crippen LogP contribution in [-0.2, 0) is 6.54 Å². The van der Waals surface area contributed by atoms with Gasteiger partial charge in [-0.25, -0.2) is 9.59 Å². The number of aromatic nitrogens is 2. The van der Waals surface area contributed by atoms with Gasteiger partial charge < -0.3 is 10.1 Å². The summed E-state index contributed by atoms with van der Waals surface area (Å²) in [6.45, 7) is 0.532. The van der Waals surface area contributed by atoms with E-state index in [1.165, 1.54) is 30.0 Å². The molecule has 88 valence electrons. The van der Waals surface area contributed by atoms with Crippen molar-refractivity contribution in [3.8, 4) is 0 Å². The summed E-state index contributed by atoms with van der Waals surface area (Å²) in [5, 5.41) is 8.93. The first-order chi connectivity index (χ1) is 7.68. The molecule has 0 atom stereocenters. The highest BCUT2D eigenvalue weighted by Gasteiger charge is 2.19. The topological polar surface area (TPSA) is 75.1 Å². The van der Waals surface area contributed by atoms with Crippen LogP contribution in [0.5, 0.6) is 0 Å². The zero-order chi connectivity index (χ0) is 11.5. The largest absolute Gasteiger partial charge is 0.477 e. The third kappa shape index (κ3) is 2.18. The maximum atomic E-state index is 11.5. The summed E-state index contributed by atoms with van der Waals surface area (Å²) < 4.78 is 1.35. The minimum Gasteiger partial charge on any atom is -0.477 e. The molecule has 1 aliphatic rings. The third-order valence-corrected chi connectivity index (χ3v) is 3.25. The van der Waals surface area contributed by atoms with E-state index in [2.05, 4.69) is 4.98 Å². The Hall–Kier alpha value is -1.52. The Bertz CT molecular complexity index is 427. The van der Waals surface area contributed by atoms with Crippen molar-refractivity contribution in [1.29, 1.82) is 0 Å². The Kier molecular flexibility index (Phi) is 3.12. The average Bonchev–Trinajstić information content (AvgIpc) is 2.62. The van der Waals surface area contributed by atoms with Gasteiger partial charge in [0.25, 0.3) is 0 Å². The number of carboxylic acids is 1. The summed E-state index contributed by atoms with van der Waals surface area (Å²) in [6, 6.07) is 0. The first-order valence-corrected chi connectivity index (χ1v) is 5.70. The predicted molar refractivity (Wildman–Crippen MR) is 58.6 cm³/mol.